The Balaban J connectivity index is 2.04. The molecule has 0 aliphatic carbocycles. The molecule has 0 bridgehead atoms. The minimum atomic E-state index is -1.19. The third-order valence-electron chi connectivity index (χ3n) is 4.35. The summed E-state index contributed by atoms with van der Waals surface area (Å²) in [6, 6.07) is 6.34. The topological polar surface area (TPSA) is 87.7 Å². The summed E-state index contributed by atoms with van der Waals surface area (Å²) >= 11 is 0. The molecule has 4 amide bonds. The molecule has 1 aromatic rings. The normalized spacial score (nSPS) is 19.7. The van der Waals surface area contributed by atoms with Crippen LogP contribution in [0.15, 0.2) is 24.3 Å². The van der Waals surface area contributed by atoms with Crippen LogP contribution in [-0.2, 0) is 15.1 Å². The molecule has 1 atom stereocenters. The first-order chi connectivity index (χ1) is 11.9. The number of ether oxygens (including phenoxy) is 1. The third-order valence-corrected chi connectivity index (χ3v) is 4.35. The van der Waals surface area contributed by atoms with Crippen LogP contribution >= 0.6 is 0 Å². The van der Waals surface area contributed by atoms with Crippen LogP contribution in [0, 0.1) is 0 Å². The number of methoxy groups -OCH3 is 1. The number of carbonyl (C=O) groups is 3. The van der Waals surface area contributed by atoms with Crippen molar-refractivity contribution in [1.29, 1.82) is 0 Å². The number of hydrogen-bond donors (Lipinski definition) is 2. The van der Waals surface area contributed by atoms with E-state index >= 15 is 0 Å². The van der Waals surface area contributed by atoms with Gasteiger partial charge in [-0.05, 0) is 31.0 Å². The predicted molar refractivity (Wildman–Crippen MR) is 93.1 cm³/mol. The maximum Gasteiger partial charge on any atom is 0.325 e. The Morgan fingerprint density at radius 1 is 1.24 bits per heavy atom. The lowest BCUT2D eigenvalue weighted by molar-refractivity contribution is -0.134. The summed E-state index contributed by atoms with van der Waals surface area (Å²) in [5.74, 6) is -0.114. The molecule has 0 saturated carbocycles. The van der Waals surface area contributed by atoms with Gasteiger partial charge in [-0.15, -0.1) is 0 Å². The van der Waals surface area contributed by atoms with E-state index in [1.165, 1.54) is 0 Å². The van der Waals surface area contributed by atoms with E-state index in [1.807, 2.05) is 0 Å². The van der Waals surface area contributed by atoms with Crippen LogP contribution in [0.2, 0.25) is 0 Å². The maximum atomic E-state index is 12.7. The molecule has 2 rings (SSSR count). The second-order valence-electron chi connectivity index (χ2n) is 6.23. The summed E-state index contributed by atoms with van der Waals surface area (Å²) in [7, 11) is 1.56. The van der Waals surface area contributed by atoms with Crippen LogP contribution in [0.4, 0.5) is 4.79 Å². The molecule has 136 valence electrons. The summed E-state index contributed by atoms with van der Waals surface area (Å²) in [6.45, 7) is 3.98. The zero-order chi connectivity index (χ0) is 18.4. The molecule has 1 fully saturated rings. The first-order valence-electron chi connectivity index (χ1n) is 8.47. The number of carbonyl (C=O) groups excluding carboxylic acids is 3. The summed E-state index contributed by atoms with van der Waals surface area (Å²) in [4.78, 5) is 37.9. The quantitative estimate of drug-likeness (QED) is 0.554. The van der Waals surface area contributed by atoms with E-state index in [1.54, 1.807) is 38.3 Å². The van der Waals surface area contributed by atoms with E-state index in [0.717, 1.165) is 24.2 Å². The molecular formula is C18H25N3O4. The van der Waals surface area contributed by atoms with Gasteiger partial charge in [0.15, 0.2) is 0 Å². The molecule has 1 heterocycles. The molecule has 0 spiro atoms. The molecule has 7 heteroatoms. The predicted octanol–water partition coefficient (Wildman–Crippen LogP) is 1.77. The van der Waals surface area contributed by atoms with Gasteiger partial charge in [0.25, 0.3) is 5.91 Å². The van der Waals surface area contributed by atoms with Crippen molar-refractivity contribution >= 4 is 17.8 Å². The Morgan fingerprint density at radius 3 is 2.52 bits per heavy atom. The number of rotatable bonds is 8. The molecule has 2 N–H and O–H groups in total. The van der Waals surface area contributed by atoms with Crippen LogP contribution in [0.25, 0.3) is 0 Å². The summed E-state index contributed by atoms with van der Waals surface area (Å²) < 4.78 is 5.11. The molecule has 25 heavy (non-hydrogen) atoms. The highest BCUT2D eigenvalue weighted by atomic mass is 16.5. The van der Waals surface area contributed by atoms with E-state index in [4.69, 9.17) is 4.74 Å². The molecule has 0 aromatic heterocycles. The van der Waals surface area contributed by atoms with Gasteiger partial charge >= 0.3 is 6.03 Å². The second kappa shape index (κ2) is 8.00. The van der Waals surface area contributed by atoms with E-state index in [9.17, 15) is 14.4 Å². The van der Waals surface area contributed by atoms with Crippen molar-refractivity contribution in [2.75, 3.05) is 20.2 Å². The van der Waals surface area contributed by atoms with Crippen LogP contribution in [0.1, 0.15) is 38.7 Å². The Bertz CT molecular complexity index is 644. The zero-order valence-corrected chi connectivity index (χ0v) is 14.9. The van der Waals surface area contributed by atoms with E-state index in [-0.39, 0.29) is 12.5 Å². The minimum Gasteiger partial charge on any atom is -0.497 e. The standard InChI is InChI=1S/C18H25N3O4/c1-4-5-6-11-19-15(22)12-21-16(23)18(2,20-17(21)24)13-7-9-14(25-3)10-8-13/h7-10H,4-6,11-12H2,1-3H3,(H,19,22)(H,20,24)/t18-/m0/s1. The lowest BCUT2D eigenvalue weighted by Gasteiger charge is -2.22. The van der Waals surface area contributed by atoms with Crippen molar-refractivity contribution in [2.45, 2.75) is 38.6 Å². The highest BCUT2D eigenvalue weighted by Crippen LogP contribution is 2.29. The second-order valence-corrected chi connectivity index (χ2v) is 6.23. The van der Waals surface area contributed by atoms with Crippen molar-refractivity contribution in [3.8, 4) is 5.75 Å². The number of nitrogens with one attached hydrogen (secondary N) is 2. The van der Waals surface area contributed by atoms with E-state index in [0.29, 0.717) is 17.9 Å². The van der Waals surface area contributed by atoms with Gasteiger partial charge in [-0.2, -0.15) is 0 Å². The van der Waals surface area contributed by atoms with Gasteiger partial charge in [0.05, 0.1) is 7.11 Å². The fraction of sp³-hybridized carbons (Fsp3) is 0.500. The van der Waals surface area contributed by atoms with Gasteiger partial charge in [-0.3, -0.25) is 14.5 Å². The van der Waals surface area contributed by atoms with Crippen molar-refractivity contribution < 1.29 is 19.1 Å². The highest BCUT2D eigenvalue weighted by molar-refractivity contribution is 6.09. The van der Waals surface area contributed by atoms with Gasteiger partial charge in [0.1, 0.15) is 17.8 Å². The molecule has 0 unspecified atom stereocenters. The number of imide groups is 1. The average Bonchev–Trinajstić information content (AvgIpc) is 2.83. The molecule has 1 aliphatic heterocycles. The van der Waals surface area contributed by atoms with Crippen LogP contribution < -0.4 is 15.4 Å². The number of hydrogen-bond acceptors (Lipinski definition) is 4. The maximum absolute atomic E-state index is 12.7. The van der Waals surface area contributed by atoms with Gasteiger partial charge in [0, 0.05) is 6.54 Å². The van der Waals surface area contributed by atoms with Crippen molar-refractivity contribution in [1.82, 2.24) is 15.5 Å². The number of unbranched alkanes of at least 4 members (excludes halogenated alkanes) is 2. The number of amides is 4. The van der Waals surface area contributed by atoms with E-state index < -0.39 is 17.5 Å². The lowest BCUT2D eigenvalue weighted by atomic mass is 9.92. The largest absolute Gasteiger partial charge is 0.497 e. The van der Waals surface area contributed by atoms with Crippen molar-refractivity contribution in [3.05, 3.63) is 29.8 Å². The summed E-state index contributed by atoms with van der Waals surface area (Å²) in [5, 5.41) is 5.42. The molecule has 1 aromatic carbocycles. The summed E-state index contributed by atoms with van der Waals surface area (Å²) in [5.41, 5.74) is -0.552. The van der Waals surface area contributed by atoms with Crippen LogP contribution in [-0.4, -0.2) is 42.9 Å². The molecule has 7 nitrogen and oxygen atoms in total. The zero-order valence-electron chi connectivity index (χ0n) is 14.9. The van der Waals surface area contributed by atoms with Crippen LogP contribution in [0.5, 0.6) is 5.75 Å². The Labute approximate surface area is 147 Å². The van der Waals surface area contributed by atoms with Gasteiger partial charge in [0.2, 0.25) is 5.91 Å². The Kier molecular flexibility index (Phi) is 6.01. The number of benzene rings is 1. The SMILES string of the molecule is CCCCCNC(=O)CN1C(=O)N[C@@](C)(c2ccc(OC)cc2)C1=O. The third kappa shape index (κ3) is 4.10. The smallest absolute Gasteiger partial charge is 0.325 e. The minimum absolute atomic E-state index is 0.275. The number of nitrogens with zero attached hydrogens (tertiary/aromatic N) is 1. The molecular weight excluding hydrogens is 322 g/mol. The first-order valence-corrected chi connectivity index (χ1v) is 8.47. The van der Waals surface area contributed by atoms with Gasteiger partial charge in [-0.25, -0.2) is 4.79 Å². The fourth-order valence-electron chi connectivity index (χ4n) is 2.76. The average molecular weight is 347 g/mol. The lowest BCUT2D eigenvalue weighted by Crippen LogP contribution is -2.43. The van der Waals surface area contributed by atoms with Gasteiger partial charge < -0.3 is 15.4 Å². The molecule has 1 aliphatic rings. The first kappa shape index (κ1) is 18.8. The summed E-state index contributed by atoms with van der Waals surface area (Å²) in [6.07, 6.45) is 2.97. The van der Waals surface area contributed by atoms with Crippen LogP contribution in [0.3, 0.4) is 0 Å². The molecule has 0 radical (unpaired) electrons. The van der Waals surface area contributed by atoms with E-state index in [2.05, 4.69) is 17.6 Å². The monoisotopic (exact) mass is 347 g/mol. The van der Waals surface area contributed by atoms with Gasteiger partial charge in [-0.1, -0.05) is 31.9 Å². The Morgan fingerprint density at radius 2 is 1.92 bits per heavy atom. The fourth-order valence-corrected chi connectivity index (χ4v) is 2.76. The highest BCUT2D eigenvalue weighted by Gasteiger charge is 2.49. The molecule has 1 saturated heterocycles. The van der Waals surface area contributed by atoms with Crippen molar-refractivity contribution in [2.24, 2.45) is 0 Å². The number of urea groups is 1. The Hall–Kier alpha value is -2.57. The van der Waals surface area contributed by atoms with Crippen molar-refractivity contribution in [3.63, 3.8) is 0 Å².